The van der Waals surface area contributed by atoms with E-state index in [1.807, 2.05) is 6.92 Å². The van der Waals surface area contributed by atoms with Crippen molar-refractivity contribution in [2.75, 3.05) is 13.2 Å². The molecule has 0 aliphatic rings. The average molecular weight is 269 g/mol. The van der Waals surface area contributed by atoms with Crippen molar-refractivity contribution in [1.29, 1.82) is 0 Å². The van der Waals surface area contributed by atoms with Crippen molar-refractivity contribution < 1.29 is 19.0 Å². The molecule has 1 aromatic rings. The van der Waals surface area contributed by atoms with Gasteiger partial charge in [0.25, 0.3) is 0 Å². The molecule has 0 radical (unpaired) electrons. The summed E-state index contributed by atoms with van der Waals surface area (Å²) < 4.78 is 18.7. The van der Waals surface area contributed by atoms with Crippen LogP contribution in [-0.2, 0) is 4.79 Å². The first-order chi connectivity index (χ1) is 9.02. The zero-order valence-electron chi connectivity index (χ0n) is 11.0. The van der Waals surface area contributed by atoms with Gasteiger partial charge in [0.05, 0.1) is 6.61 Å². The topological polar surface area (TPSA) is 72.5 Å². The van der Waals surface area contributed by atoms with Crippen LogP contribution in [0.25, 0.3) is 0 Å². The Morgan fingerprint density at radius 1 is 1.47 bits per heavy atom. The Balaban J connectivity index is 2.40. The Hall–Kier alpha value is -1.62. The van der Waals surface area contributed by atoms with Crippen LogP contribution in [0.1, 0.15) is 19.8 Å². The molecule has 0 heterocycles. The monoisotopic (exact) mass is 269 g/mol. The molecule has 0 saturated heterocycles. The molecule has 1 unspecified atom stereocenters. The van der Waals surface area contributed by atoms with E-state index in [0.717, 1.165) is 0 Å². The van der Waals surface area contributed by atoms with Gasteiger partial charge in [-0.2, -0.15) is 0 Å². The van der Waals surface area contributed by atoms with Crippen LogP contribution in [0, 0.1) is 17.7 Å². The second-order valence-electron chi connectivity index (χ2n) is 4.78. The molecular weight excluding hydrogens is 249 g/mol. The van der Waals surface area contributed by atoms with E-state index in [2.05, 4.69) is 0 Å². The van der Waals surface area contributed by atoms with Gasteiger partial charge < -0.3 is 15.6 Å². The predicted molar refractivity (Wildman–Crippen MR) is 70.5 cm³/mol. The molecule has 2 atom stereocenters. The summed E-state index contributed by atoms with van der Waals surface area (Å²) in [6.07, 6.45) is 0.706. The number of aliphatic carboxylic acids is 1. The quantitative estimate of drug-likeness (QED) is 0.759. The Morgan fingerprint density at radius 3 is 2.74 bits per heavy atom. The molecule has 0 saturated carbocycles. The fourth-order valence-electron chi connectivity index (χ4n) is 1.94. The molecule has 19 heavy (non-hydrogen) atoms. The number of ether oxygens (including phenoxy) is 1. The molecule has 4 nitrogen and oxygen atoms in total. The number of nitrogens with two attached hydrogens (primary N) is 1. The minimum atomic E-state index is -0.849. The summed E-state index contributed by atoms with van der Waals surface area (Å²) in [4.78, 5) is 10.6. The van der Waals surface area contributed by atoms with E-state index in [1.54, 1.807) is 18.2 Å². The molecule has 106 valence electrons. The van der Waals surface area contributed by atoms with Crippen LogP contribution in [-0.4, -0.2) is 24.2 Å². The lowest BCUT2D eigenvalue weighted by molar-refractivity contribution is -0.138. The first-order valence-corrected chi connectivity index (χ1v) is 6.32. The van der Waals surface area contributed by atoms with Gasteiger partial charge in [0.15, 0.2) is 11.6 Å². The molecule has 1 aromatic carbocycles. The van der Waals surface area contributed by atoms with Crippen molar-refractivity contribution in [3.05, 3.63) is 30.1 Å². The molecule has 0 spiro atoms. The summed E-state index contributed by atoms with van der Waals surface area (Å²) in [5.41, 5.74) is 5.54. The van der Waals surface area contributed by atoms with Crippen LogP contribution in [0.4, 0.5) is 4.39 Å². The second kappa shape index (κ2) is 7.74. The van der Waals surface area contributed by atoms with Gasteiger partial charge in [-0.15, -0.1) is 0 Å². The summed E-state index contributed by atoms with van der Waals surface area (Å²) in [6.45, 7) is 2.61. The molecule has 1 rings (SSSR count). The minimum Gasteiger partial charge on any atom is -0.490 e. The van der Waals surface area contributed by atoms with Crippen LogP contribution in [0.2, 0.25) is 0 Å². The molecule has 0 aromatic heterocycles. The van der Waals surface area contributed by atoms with Crippen molar-refractivity contribution in [3.63, 3.8) is 0 Å². The highest BCUT2D eigenvalue weighted by molar-refractivity contribution is 5.67. The van der Waals surface area contributed by atoms with E-state index in [9.17, 15) is 9.18 Å². The smallest absolute Gasteiger partial charge is 0.303 e. The number of benzene rings is 1. The summed E-state index contributed by atoms with van der Waals surface area (Å²) in [5.74, 6) is -0.977. The third kappa shape index (κ3) is 5.70. The van der Waals surface area contributed by atoms with Gasteiger partial charge in [-0.3, -0.25) is 4.79 Å². The number of hydrogen-bond donors (Lipinski definition) is 2. The first-order valence-electron chi connectivity index (χ1n) is 6.32. The van der Waals surface area contributed by atoms with Crippen LogP contribution >= 0.6 is 0 Å². The van der Waals surface area contributed by atoms with Gasteiger partial charge >= 0.3 is 5.97 Å². The Kier molecular flexibility index (Phi) is 6.29. The first kappa shape index (κ1) is 15.4. The van der Waals surface area contributed by atoms with Crippen LogP contribution < -0.4 is 10.5 Å². The number of para-hydroxylation sites is 1. The number of hydrogen-bond acceptors (Lipinski definition) is 3. The maximum absolute atomic E-state index is 13.3. The minimum absolute atomic E-state index is 0.0561. The predicted octanol–water partition coefficient (Wildman–Crippen LogP) is 2.28. The SMILES string of the molecule is CC(COc1ccccc1F)C[C@H](CN)CC(=O)O. The molecule has 0 aliphatic carbocycles. The molecule has 0 bridgehead atoms. The lowest BCUT2D eigenvalue weighted by Gasteiger charge is -2.18. The van der Waals surface area contributed by atoms with Gasteiger partial charge in [-0.1, -0.05) is 19.1 Å². The zero-order chi connectivity index (χ0) is 14.3. The second-order valence-corrected chi connectivity index (χ2v) is 4.78. The van der Waals surface area contributed by atoms with Crippen LogP contribution in [0.3, 0.4) is 0 Å². The molecule has 3 N–H and O–H groups in total. The van der Waals surface area contributed by atoms with E-state index >= 15 is 0 Å². The van der Waals surface area contributed by atoms with Gasteiger partial charge in [-0.05, 0) is 36.9 Å². The van der Waals surface area contributed by atoms with Gasteiger partial charge in [-0.25, -0.2) is 4.39 Å². The maximum atomic E-state index is 13.3. The zero-order valence-corrected chi connectivity index (χ0v) is 11.0. The molecule has 0 fully saturated rings. The van der Waals surface area contributed by atoms with E-state index in [1.165, 1.54) is 6.07 Å². The standard InChI is InChI=1S/C14H20FNO3/c1-10(6-11(8-16)7-14(17)18)9-19-13-5-3-2-4-12(13)15/h2-5,10-11H,6-9,16H2,1H3,(H,17,18)/t10?,11-/m0/s1. The van der Waals surface area contributed by atoms with Crippen molar-refractivity contribution in [2.45, 2.75) is 19.8 Å². The Bertz CT molecular complexity index is 411. The Labute approximate surface area is 112 Å². The highest BCUT2D eigenvalue weighted by Gasteiger charge is 2.16. The van der Waals surface area contributed by atoms with E-state index in [-0.39, 0.29) is 24.0 Å². The van der Waals surface area contributed by atoms with Gasteiger partial charge in [0.2, 0.25) is 0 Å². The van der Waals surface area contributed by atoms with Gasteiger partial charge in [0.1, 0.15) is 0 Å². The lowest BCUT2D eigenvalue weighted by atomic mass is 9.93. The molecule has 5 heteroatoms. The Morgan fingerprint density at radius 2 is 2.16 bits per heavy atom. The maximum Gasteiger partial charge on any atom is 0.303 e. The summed E-state index contributed by atoms with van der Waals surface area (Å²) in [7, 11) is 0. The van der Waals surface area contributed by atoms with Crippen LogP contribution in [0.5, 0.6) is 5.75 Å². The van der Waals surface area contributed by atoms with E-state index in [4.69, 9.17) is 15.6 Å². The number of carboxylic acid groups (broad SMARTS) is 1. The van der Waals surface area contributed by atoms with Crippen molar-refractivity contribution in [3.8, 4) is 5.75 Å². The number of carbonyl (C=O) groups is 1. The van der Waals surface area contributed by atoms with E-state index in [0.29, 0.717) is 19.6 Å². The third-order valence-electron chi connectivity index (χ3n) is 2.89. The summed E-state index contributed by atoms with van der Waals surface area (Å²) in [6, 6.07) is 6.21. The lowest BCUT2D eigenvalue weighted by Crippen LogP contribution is -2.22. The molecular formula is C14H20FNO3. The number of carboxylic acids is 1. The normalized spacial score (nSPS) is 13.8. The van der Waals surface area contributed by atoms with Crippen molar-refractivity contribution in [2.24, 2.45) is 17.6 Å². The third-order valence-corrected chi connectivity index (χ3v) is 2.89. The summed E-state index contributed by atoms with van der Waals surface area (Å²) >= 11 is 0. The van der Waals surface area contributed by atoms with Crippen molar-refractivity contribution >= 4 is 5.97 Å². The average Bonchev–Trinajstić information content (AvgIpc) is 2.36. The van der Waals surface area contributed by atoms with E-state index < -0.39 is 11.8 Å². The fraction of sp³-hybridized carbons (Fsp3) is 0.500. The largest absolute Gasteiger partial charge is 0.490 e. The molecule has 0 amide bonds. The van der Waals surface area contributed by atoms with Gasteiger partial charge in [0, 0.05) is 6.42 Å². The highest BCUT2D eigenvalue weighted by atomic mass is 19.1. The fourth-order valence-corrected chi connectivity index (χ4v) is 1.94. The van der Waals surface area contributed by atoms with Crippen LogP contribution in [0.15, 0.2) is 24.3 Å². The van der Waals surface area contributed by atoms with Crippen molar-refractivity contribution in [1.82, 2.24) is 0 Å². The molecule has 0 aliphatic heterocycles. The number of rotatable bonds is 8. The summed E-state index contributed by atoms with van der Waals surface area (Å²) in [5, 5.41) is 8.74. The number of halogens is 1. The highest BCUT2D eigenvalue weighted by Crippen LogP contribution is 2.19.